The van der Waals surface area contributed by atoms with E-state index in [-0.39, 0.29) is 10.6 Å². The summed E-state index contributed by atoms with van der Waals surface area (Å²) in [5.41, 5.74) is 0.481. The first kappa shape index (κ1) is 14.7. The maximum absolute atomic E-state index is 12.4. The van der Waals surface area contributed by atoms with Crippen molar-refractivity contribution in [1.29, 1.82) is 0 Å². The van der Waals surface area contributed by atoms with Gasteiger partial charge >= 0.3 is 0 Å². The van der Waals surface area contributed by atoms with E-state index >= 15 is 0 Å². The molecule has 1 N–H and O–H groups in total. The van der Waals surface area contributed by atoms with Gasteiger partial charge in [0.15, 0.2) is 0 Å². The number of ether oxygens (including phenoxy) is 1. The molecule has 0 saturated carbocycles. The zero-order valence-electron chi connectivity index (χ0n) is 10.8. The maximum atomic E-state index is 12.4. The molecule has 0 aromatic heterocycles. The van der Waals surface area contributed by atoms with Gasteiger partial charge in [0.1, 0.15) is 10.6 Å². The third-order valence-electron chi connectivity index (χ3n) is 2.52. The van der Waals surface area contributed by atoms with Crippen LogP contribution in [0.3, 0.4) is 0 Å². The van der Waals surface area contributed by atoms with Crippen LogP contribution in [0.1, 0.15) is 6.92 Å². The van der Waals surface area contributed by atoms with Crippen LogP contribution in [0.25, 0.3) is 0 Å². The minimum absolute atomic E-state index is 0.0238. The van der Waals surface area contributed by atoms with E-state index in [0.717, 1.165) is 0 Å². The standard InChI is InChI=1S/C14H14ClNO3S/c1-2-19-13-9-8-11(15)10-14(13)20(17,18)16-12-6-4-3-5-7-12/h3-10,16H,2H2,1H3. The summed E-state index contributed by atoms with van der Waals surface area (Å²) in [6, 6.07) is 13.2. The summed E-state index contributed by atoms with van der Waals surface area (Å²) >= 11 is 5.88. The van der Waals surface area contributed by atoms with E-state index in [0.29, 0.717) is 17.3 Å². The largest absolute Gasteiger partial charge is 0.492 e. The Morgan fingerprint density at radius 3 is 2.50 bits per heavy atom. The van der Waals surface area contributed by atoms with Crippen LogP contribution < -0.4 is 9.46 Å². The van der Waals surface area contributed by atoms with Crippen LogP contribution in [-0.2, 0) is 10.0 Å². The number of sulfonamides is 1. The Kier molecular flexibility index (Phi) is 4.52. The molecule has 6 heteroatoms. The van der Waals surface area contributed by atoms with Crippen molar-refractivity contribution in [2.45, 2.75) is 11.8 Å². The minimum Gasteiger partial charge on any atom is -0.492 e. The number of rotatable bonds is 5. The van der Waals surface area contributed by atoms with Gasteiger partial charge in [-0.15, -0.1) is 0 Å². The molecule has 0 aliphatic heterocycles. The first-order valence-corrected chi connectivity index (χ1v) is 7.89. The number of benzene rings is 2. The van der Waals surface area contributed by atoms with Crippen LogP contribution >= 0.6 is 11.6 Å². The molecule has 0 bridgehead atoms. The highest BCUT2D eigenvalue weighted by Crippen LogP contribution is 2.28. The first-order chi connectivity index (χ1) is 9.53. The van der Waals surface area contributed by atoms with Gasteiger partial charge in [0.2, 0.25) is 0 Å². The van der Waals surface area contributed by atoms with Crippen LogP contribution in [-0.4, -0.2) is 15.0 Å². The Bertz CT molecular complexity index is 687. The second kappa shape index (κ2) is 6.15. The molecule has 0 radical (unpaired) electrons. The number of nitrogens with one attached hydrogen (secondary N) is 1. The van der Waals surface area contributed by atoms with Gasteiger partial charge in [0.25, 0.3) is 10.0 Å². The normalized spacial score (nSPS) is 11.1. The molecule has 0 aliphatic rings. The molecule has 0 amide bonds. The molecule has 2 rings (SSSR count). The summed E-state index contributed by atoms with van der Waals surface area (Å²) in [4.78, 5) is 0.0238. The Hall–Kier alpha value is -1.72. The van der Waals surface area contributed by atoms with Gasteiger partial charge in [-0.3, -0.25) is 4.72 Å². The third kappa shape index (κ3) is 3.43. The molecule has 2 aromatic carbocycles. The smallest absolute Gasteiger partial charge is 0.265 e. The topological polar surface area (TPSA) is 55.4 Å². The van der Waals surface area contributed by atoms with Crippen LogP contribution in [0.4, 0.5) is 5.69 Å². The molecule has 0 atom stereocenters. The lowest BCUT2D eigenvalue weighted by molar-refractivity contribution is 0.331. The second-order valence-electron chi connectivity index (χ2n) is 4.00. The average molecular weight is 312 g/mol. The van der Waals surface area contributed by atoms with Crippen molar-refractivity contribution in [2.24, 2.45) is 0 Å². The molecule has 4 nitrogen and oxygen atoms in total. The van der Waals surface area contributed by atoms with Gasteiger partial charge < -0.3 is 4.74 Å². The number of hydrogen-bond donors (Lipinski definition) is 1. The summed E-state index contributed by atoms with van der Waals surface area (Å²) in [5.74, 6) is 0.278. The van der Waals surface area contributed by atoms with E-state index in [1.807, 2.05) is 6.07 Å². The van der Waals surface area contributed by atoms with Crippen molar-refractivity contribution in [3.05, 3.63) is 53.6 Å². The van der Waals surface area contributed by atoms with Crippen LogP contribution in [0.15, 0.2) is 53.4 Å². The van der Waals surface area contributed by atoms with E-state index in [9.17, 15) is 8.42 Å². The highest BCUT2D eigenvalue weighted by molar-refractivity contribution is 7.92. The number of anilines is 1. The molecule has 0 saturated heterocycles. The van der Waals surface area contributed by atoms with E-state index in [1.54, 1.807) is 43.3 Å². The molecule has 20 heavy (non-hydrogen) atoms. The van der Waals surface area contributed by atoms with Crippen LogP contribution in [0.5, 0.6) is 5.75 Å². The maximum Gasteiger partial charge on any atom is 0.265 e. The summed E-state index contributed by atoms with van der Waals surface area (Å²) in [7, 11) is -3.75. The van der Waals surface area contributed by atoms with E-state index in [4.69, 9.17) is 16.3 Å². The van der Waals surface area contributed by atoms with Crippen molar-refractivity contribution in [2.75, 3.05) is 11.3 Å². The van der Waals surface area contributed by atoms with Crippen LogP contribution in [0, 0.1) is 0 Å². The number of para-hydroxylation sites is 1. The van der Waals surface area contributed by atoms with Gasteiger partial charge in [-0.2, -0.15) is 0 Å². The fraction of sp³-hybridized carbons (Fsp3) is 0.143. The summed E-state index contributed by atoms with van der Waals surface area (Å²) in [5, 5.41) is 0.335. The zero-order chi connectivity index (χ0) is 14.6. The minimum atomic E-state index is -3.75. The lowest BCUT2D eigenvalue weighted by atomic mass is 10.3. The van der Waals surface area contributed by atoms with Crippen molar-refractivity contribution in [3.8, 4) is 5.75 Å². The highest BCUT2D eigenvalue weighted by atomic mass is 35.5. The zero-order valence-corrected chi connectivity index (χ0v) is 12.4. The number of hydrogen-bond acceptors (Lipinski definition) is 3. The molecule has 0 aliphatic carbocycles. The summed E-state index contributed by atoms with van der Waals surface area (Å²) < 4.78 is 32.6. The molecule has 0 unspecified atom stereocenters. The van der Waals surface area contributed by atoms with E-state index < -0.39 is 10.0 Å². The predicted molar refractivity (Wildman–Crippen MR) is 79.9 cm³/mol. The van der Waals surface area contributed by atoms with Crippen LogP contribution in [0.2, 0.25) is 5.02 Å². The van der Waals surface area contributed by atoms with Gasteiger partial charge in [-0.05, 0) is 37.3 Å². The van der Waals surface area contributed by atoms with Crippen molar-refractivity contribution >= 4 is 27.3 Å². The van der Waals surface area contributed by atoms with Gasteiger partial charge in [-0.25, -0.2) is 8.42 Å². The Morgan fingerprint density at radius 2 is 1.85 bits per heavy atom. The Morgan fingerprint density at radius 1 is 1.15 bits per heavy atom. The fourth-order valence-electron chi connectivity index (χ4n) is 1.68. The predicted octanol–water partition coefficient (Wildman–Crippen LogP) is 3.54. The number of halogens is 1. The fourth-order valence-corrected chi connectivity index (χ4v) is 3.15. The lowest BCUT2D eigenvalue weighted by Gasteiger charge is -2.12. The molecule has 0 heterocycles. The third-order valence-corrected chi connectivity index (χ3v) is 4.16. The van der Waals surface area contributed by atoms with Gasteiger partial charge in [0.05, 0.1) is 6.61 Å². The van der Waals surface area contributed by atoms with Crippen molar-refractivity contribution in [3.63, 3.8) is 0 Å². The summed E-state index contributed by atoms with van der Waals surface area (Å²) in [6.45, 7) is 2.16. The lowest BCUT2D eigenvalue weighted by Crippen LogP contribution is -2.14. The Balaban J connectivity index is 2.41. The highest BCUT2D eigenvalue weighted by Gasteiger charge is 2.20. The second-order valence-corrected chi connectivity index (χ2v) is 6.08. The van der Waals surface area contributed by atoms with Gasteiger partial charge in [0, 0.05) is 10.7 Å². The van der Waals surface area contributed by atoms with Crippen molar-refractivity contribution in [1.82, 2.24) is 0 Å². The molecule has 0 spiro atoms. The van der Waals surface area contributed by atoms with Crippen molar-refractivity contribution < 1.29 is 13.2 Å². The average Bonchev–Trinajstić information content (AvgIpc) is 2.41. The quantitative estimate of drug-likeness (QED) is 0.919. The molecule has 0 fully saturated rings. The molecule has 2 aromatic rings. The van der Waals surface area contributed by atoms with Gasteiger partial charge in [-0.1, -0.05) is 29.8 Å². The monoisotopic (exact) mass is 311 g/mol. The molecule has 106 valence electrons. The first-order valence-electron chi connectivity index (χ1n) is 6.03. The summed E-state index contributed by atoms with van der Waals surface area (Å²) in [6.07, 6.45) is 0. The SMILES string of the molecule is CCOc1ccc(Cl)cc1S(=O)(=O)Nc1ccccc1. The molecular weight excluding hydrogens is 298 g/mol. The van der Waals surface area contributed by atoms with E-state index in [2.05, 4.69) is 4.72 Å². The van der Waals surface area contributed by atoms with E-state index in [1.165, 1.54) is 6.07 Å². The molecular formula is C14H14ClNO3S. The Labute approximate surface area is 123 Å².